The van der Waals surface area contributed by atoms with Gasteiger partial charge >= 0.3 is 0 Å². The molecule has 2 amide bonds. The summed E-state index contributed by atoms with van der Waals surface area (Å²) in [6.07, 6.45) is 4.98. The lowest BCUT2D eigenvalue weighted by atomic mass is 10.1. The zero-order chi connectivity index (χ0) is 21.3. The Morgan fingerprint density at radius 3 is 2.60 bits per heavy atom. The van der Waals surface area contributed by atoms with E-state index in [0.717, 1.165) is 10.4 Å². The molecular formula is C22H21N3O4S. The van der Waals surface area contributed by atoms with E-state index >= 15 is 0 Å². The first-order chi connectivity index (χ1) is 14.6. The van der Waals surface area contributed by atoms with Crippen molar-refractivity contribution in [2.75, 3.05) is 14.2 Å². The monoisotopic (exact) mass is 423 g/mol. The minimum Gasteiger partial charge on any atom is -0.493 e. The number of carbonyl (C=O) groups is 2. The minimum absolute atomic E-state index is 0.140. The summed E-state index contributed by atoms with van der Waals surface area (Å²) in [5.74, 6) is 0.101. The molecule has 0 atom stereocenters. The van der Waals surface area contributed by atoms with Crippen LogP contribution < -0.4 is 20.1 Å². The number of pyridine rings is 1. The molecule has 0 unspecified atom stereocenters. The van der Waals surface area contributed by atoms with Gasteiger partial charge in [0.05, 0.1) is 14.2 Å². The second kappa shape index (κ2) is 10.2. The van der Waals surface area contributed by atoms with Crippen molar-refractivity contribution >= 4 is 29.2 Å². The first-order valence-corrected chi connectivity index (χ1v) is 9.94. The Kier molecular flexibility index (Phi) is 7.18. The summed E-state index contributed by atoms with van der Waals surface area (Å²) in [6.45, 7) is 0.292. The first-order valence-electron chi connectivity index (χ1n) is 9.06. The van der Waals surface area contributed by atoms with Gasteiger partial charge in [-0.15, -0.1) is 11.3 Å². The molecule has 0 bridgehead atoms. The van der Waals surface area contributed by atoms with E-state index in [4.69, 9.17) is 9.47 Å². The molecule has 3 aromatic rings. The van der Waals surface area contributed by atoms with Gasteiger partial charge < -0.3 is 20.1 Å². The van der Waals surface area contributed by atoms with Crippen LogP contribution in [0.5, 0.6) is 11.5 Å². The van der Waals surface area contributed by atoms with Crippen molar-refractivity contribution in [1.29, 1.82) is 0 Å². The summed E-state index contributed by atoms with van der Waals surface area (Å²) >= 11 is 1.46. The Bertz CT molecular complexity index is 1030. The Balaban J connectivity index is 1.79. The fraction of sp³-hybridized carbons (Fsp3) is 0.136. The maximum Gasteiger partial charge on any atom is 0.268 e. The molecule has 2 aromatic heterocycles. The third kappa shape index (κ3) is 5.45. The minimum atomic E-state index is -0.435. The molecule has 8 heteroatoms. The SMILES string of the molecule is COc1ccc(C(=O)N/C(=C\c2cccs2)C(=O)NCc2cccnc2)cc1OC. The van der Waals surface area contributed by atoms with Gasteiger partial charge in [-0.2, -0.15) is 0 Å². The van der Waals surface area contributed by atoms with Gasteiger partial charge in [0.15, 0.2) is 11.5 Å². The molecule has 1 aromatic carbocycles. The van der Waals surface area contributed by atoms with Gasteiger partial charge in [-0.05, 0) is 47.4 Å². The summed E-state index contributed by atoms with van der Waals surface area (Å²) in [5, 5.41) is 7.40. The predicted octanol–water partition coefficient (Wildman–Crippen LogP) is 3.25. The normalized spacial score (nSPS) is 10.9. The van der Waals surface area contributed by atoms with Crippen LogP contribution in [0.15, 0.2) is 65.9 Å². The molecule has 0 saturated heterocycles. The number of nitrogens with zero attached hydrogens (tertiary/aromatic N) is 1. The van der Waals surface area contributed by atoms with Crippen molar-refractivity contribution in [1.82, 2.24) is 15.6 Å². The zero-order valence-corrected chi connectivity index (χ0v) is 17.4. The molecule has 0 spiro atoms. The Hall–Kier alpha value is -3.65. The fourth-order valence-electron chi connectivity index (χ4n) is 2.63. The van der Waals surface area contributed by atoms with Crippen LogP contribution in [0.2, 0.25) is 0 Å². The Morgan fingerprint density at radius 2 is 1.93 bits per heavy atom. The van der Waals surface area contributed by atoms with Crippen molar-refractivity contribution in [2.45, 2.75) is 6.54 Å². The summed E-state index contributed by atoms with van der Waals surface area (Å²) in [7, 11) is 3.01. The molecule has 0 aliphatic heterocycles. The number of hydrogen-bond donors (Lipinski definition) is 2. The van der Waals surface area contributed by atoms with Gasteiger partial charge in [-0.3, -0.25) is 14.6 Å². The highest BCUT2D eigenvalue weighted by Gasteiger charge is 2.16. The van der Waals surface area contributed by atoms with Crippen LogP contribution in [0.4, 0.5) is 0 Å². The highest BCUT2D eigenvalue weighted by molar-refractivity contribution is 7.10. The predicted molar refractivity (Wildman–Crippen MR) is 115 cm³/mol. The summed E-state index contributed by atoms with van der Waals surface area (Å²) in [4.78, 5) is 30.4. The Morgan fingerprint density at radius 1 is 1.10 bits per heavy atom. The largest absolute Gasteiger partial charge is 0.493 e. The standard InChI is InChI=1S/C22H21N3O4S/c1-28-19-8-7-16(11-20(19)29-2)21(26)25-18(12-17-6-4-10-30-17)22(27)24-14-15-5-3-9-23-13-15/h3-13H,14H2,1-2H3,(H,24,27)(H,25,26)/b18-12-. The van der Waals surface area contributed by atoms with Gasteiger partial charge in [0, 0.05) is 29.4 Å². The summed E-state index contributed by atoms with van der Waals surface area (Å²) in [5.41, 5.74) is 1.33. The number of benzene rings is 1. The number of carbonyl (C=O) groups excluding carboxylic acids is 2. The van der Waals surface area contributed by atoms with E-state index in [1.807, 2.05) is 23.6 Å². The molecule has 2 heterocycles. The number of rotatable bonds is 8. The summed E-state index contributed by atoms with van der Waals surface area (Å²) in [6, 6.07) is 12.2. The van der Waals surface area contributed by atoms with Gasteiger partial charge in [-0.1, -0.05) is 12.1 Å². The van der Waals surface area contributed by atoms with E-state index < -0.39 is 11.8 Å². The molecule has 0 saturated carbocycles. The second-order valence-corrected chi connectivity index (χ2v) is 7.12. The van der Waals surface area contributed by atoms with E-state index in [1.54, 1.807) is 42.7 Å². The number of hydrogen-bond acceptors (Lipinski definition) is 6. The first kappa shape index (κ1) is 21.1. The lowest BCUT2D eigenvalue weighted by Gasteiger charge is -2.12. The van der Waals surface area contributed by atoms with Crippen LogP contribution >= 0.6 is 11.3 Å². The maximum atomic E-state index is 12.8. The van der Waals surface area contributed by atoms with Gasteiger partial charge in [0.25, 0.3) is 11.8 Å². The van der Waals surface area contributed by atoms with Crippen LogP contribution in [-0.2, 0) is 11.3 Å². The van der Waals surface area contributed by atoms with Crippen LogP contribution in [-0.4, -0.2) is 31.0 Å². The Labute approximate surface area is 178 Å². The molecule has 30 heavy (non-hydrogen) atoms. The average Bonchev–Trinajstić information content (AvgIpc) is 3.30. The number of thiophene rings is 1. The second-order valence-electron chi connectivity index (χ2n) is 6.14. The van der Waals surface area contributed by atoms with Crippen molar-refractivity contribution in [2.24, 2.45) is 0 Å². The smallest absolute Gasteiger partial charge is 0.268 e. The number of nitrogens with one attached hydrogen (secondary N) is 2. The van der Waals surface area contributed by atoms with Gasteiger partial charge in [0.1, 0.15) is 5.70 Å². The molecule has 3 rings (SSSR count). The third-order valence-electron chi connectivity index (χ3n) is 4.14. The molecule has 0 aliphatic rings. The van der Waals surface area contributed by atoms with Gasteiger partial charge in [-0.25, -0.2) is 0 Å². The molecule has 2 N–H and O–H groups in total. The number of methoxy groups -OCH3 is 2. The lowest BCUT2D eigenvalue weighted by Crippen LogP contribution is -2.34. The highest BCUT2D eigenvalue weighted by Crippen LogP contribution is 2.27. The van der Waals surface area contributed by atoms with Crippen LogP contribution in [0.1, 0.15) is 20.8 Å². The number of amides is 2. The quantitative estimate of drug-likeness (QED) is 0.543. The van der Waals surface area contributed by atoms with Crippen molar-refractivity contribution in [3.63, 3.8) is 0 Å². The third-order valence-corrected chi connectivity index (χ3v) is 4.96. The molecule has 7 nitrogen and oxygen atoms in total. The highest BCUT2D eigenvalue weighted by atomic mass is 32.1. The molecule has 0 fully saturated rings. The molecule has 0 aliphatic carbocycles. The van der Waals surface area contributed by atoms with Crippen molar-refractivity contribution in [3.8, 4) is 11.5 Å². The topological polar surface area (TPSA) is 89.5 Å². The summed E-state index contributed by atoms with van der Waals surface area (Å²) < 4.78 is 10.4. The number of aromatic nitrogens is 1. The molecular weight excluding hydrogens is 402 g/mol. The van der Waals surface area contributed by atoms with E-state index in [0.29, 0.717) is 23.6 Å². The molecule has 154 valence electrons. The van der Waals surface area contributed by atoms with E-state index in [-0.39, 0.29) is 5.70 Å². The van der Waals surface area contributed by atoms with Gasteiger partial charge in [0.2, 0.25) is 0 Å². The lowest BCUT2D eigenvalue weighted by molar-refractivity contribution is -0.117. The number of ether oxygens (including phenoxy) is 2. The van der Waals surface area contributed by atoms with Crippen molar-refractivity contribution in [3.05, 3.63) is 81.9 Å². The van der Waals surface area contributed by atoms with Crippen LogP contribution in [0.3, 0.4) is 0 Å². The van der Waals surface area contributed by atoms with Crippen LogP contribution in [0.25, 0.3) is 6.08 Å². The van der Waals surface area contributed by atoms with E-state index in [9.17, 15) is 9.59 Å². The van der Waals surface area contributed by atoms with E-state index in [1.165, 1.54) is 25.6 Å². The van der Waals surface area contributed by atoms with Crippen LogP contribution in [0, 0.1) is 0 Å². The fourth-order valence-corrected chi connectivity index (χ4v) is 3.28. The van der Waals surface area contributed by atoms with Crippen molar-refractivity contribution < 1.29 is 19.1 Å². The zero-order valence-electron chi connectivity index (χ0n) is 16.5. The molecule has 0 radical (unpaired) electrons. The maximum absolute atomic E-state index is 12.8. The van der Waals surface area contributed by atoms with E-state index in [2.05, 4.69) is 15.6 Å². The average molecular weight is 423 g/mol.